The molecule has 2 aromatic rings. The van der Waals surface area contributed by atoms with Gasteiger partial charge in [0.1, 0.15) is 11.2 Å². The minimum Gasteiger partial charge on any atom is -0.478 e. The van der Waals surface area contributed by atoms with Crippen molar-refractivity contribution < 1.29 is 14.6 Å². The maximum Gasteiger partial charge on any atom is 0.339 e. The second-order valence-corrected chi connectivity index (χ2v) is 5.06. The number of aromatic carboxylic acids is 1. The Hall–Kier alpha value is -1.95. The molecule has 0 saturated carbocycles. The van der Waals surface area contributed by atoms with Gasteiger partial charge in [-0.2, -0.15) is 5.10 Å². The molecule has 0 aliphatic carbocycles. The highest BCUT2D eigenvalue weighted by Crippen LogP contribution is 2.37. The summed E-state index contributed by atoms with van der Waals surface area (Å²) in [6.07, 6.45) is 3.09. The molecule has 0 amide bonds. The van der Waals surface area contributed by atoms with Crippen LogP contribution in [-0.2, 0) is 10.3 Å². The number of nitrogens with zero attached hydrogens (tertiary/aromatic N) is 3. The third-order valence-corrected chi connectivity index (χ3v) is 3.56. The summed E-state index contributed by atoms with van der Waals surface area (Å²) in [7, 11) is 0. The Labute approximate surface area is 110 Å². The van der Waals surface area contributed by atoms with Crippen LogP contribution in [0.15, 0.2) is 12.3 Å². The van der Waals surface area contributed by atoms with Crippen LogP contribution in [0.1, 0.15) is 41.5 Å². The smallest absolute Gasteiger partial charge is 0.339 e. The van der Waals surface area contributed by atoms with Crippen LogP contribution in [0.3, 0.4) is 0 Å². The van der Waals surface area contributed by atoms with E-state index in [1.807, 2.05) is 19.9 Å². The molecule has 0 spiro atoms. The highest BCUT2D eigenvalue weighted by atomic mass is 16.5. The first-order valence-electron chi connectivity index (χ1n) is 6.24. The Balaban J connectivity index is 2.34. The van der Waals surface area contributed by atoms with Crippen molar-refractivity contribution in [3.8, 4) is 0 Å². The van der Waals surface area contributed by atoms with E-state index >= 15 is 0 Å². The van der Waals surface area contributed by atoms with Crippen LogP contribution >= 0.6 is 0 Å². The quantitative estimate of drug-likeness (QED) is 0.891. The Morgan fingerprint density at radius 1 is 1.58 bits per heavy atom. The zero-order valence-corrected chi connectivity index (χ0v) is 10.9. The van der Waals surface area contributed by atoms with Gasteiger partial charge in [-0.3, -0.25) is 0 Å². The summed E-state index contributed by atoms with van der Waals surface area (Å²) in [6.45, 7) is 4.41. The molecule has 1 N–H and O–H groups in total. The Morgan fingerprint density at radius 3 is 3.00 bits per heavy atom. The molecule has 19 heavy (non-hydrogen) atoms. The molecular formula is C13H15N3O3. The summed E-state index contributed by atoms with van der Waals surface area (Å²) in [5.41, 5.74) is 1.57. The van der Waals surface area contributed by atoms with Gasteiger partial charge in [0.05, 0.1) is 11.4 Å². The number of ether oxygens (including phenoxy) is 1. The Bertz CT molecular complexity index is 656. The fraction of sp³-hybridized carbons (Fsp3) is 0.462. The first-order valence-corrected chi connectivity index (χ1v) is 6.24. The van der Waals surface area contributed by atoms with E-state index in [2.05, 4.69) is 10.1 Å². The normalized spacial score (nSPS) is 23.1. The van der Waals surface area contributed by atoms with E-state index < -0.39 is 11.6 Å². The van der Waals surface area contributed by atoms with E-state index in [0.29, 0.717) is 17.9 Å². The molecule has 3 heterocycles. The molecule has 1 unspecified atom stereocenters. The van der Waals surface area contributed by atoms with E-state index in [1.54, 1.807) is 4.52 Å². The van der Waals surface area contributed by atoms with Gasteiger partial charge in [0, 0.05) is 18.9 Å². The van der Waals surface area contributed by atoms with Crippen molar-refractivity contribution in [3.05, 3.63) is 29.2 Å². The van der Waals surface area contributed by atoms with Gasteiger partial charge in [0.15, 0.2) is 5.65 Å². The van der Waals surface area contributed by atoms with Gasteiger partial charge >= 0.3 is 5.97 Å². The lowest BCUT2D eigenvalue weighted by atomic mass is 9.94. The first kappa shape index (κ1) is 12.1. The van der Waals surface area contributed by atoms with Crippen molar-refractivity contribution in [2.75, 3.05) is 6.61 Å². The molecule has 2 aromatic heterocycles. The van der Waals surface area contributed by atoms with Gasteiger partial charge in [-0.05, 0) is 26.7 Å². The van der Waals surface area contributed by atoms with E-state index in [-0.39, 0.29) is 5.56 Å². The third kappa shape index (κ3) is 1.79. The molecule has 6 heteroatoms. The average molecular weight is 261 g/mol. The Morgan fingerprint density at radius 2 is 2.37 bits per heavy atom. The van der Waals surface area contributed by atoms with Crippen LogP contribution < -0.4 is 0 Å². The number of carboxylic acid groups (broad SMARTS) is 1. The molecule has 3 rings (SSSR count). The van der Waals surface area contributed by atoms with E-state index in [4.69, 9.17) is 4.74 Å². The standard InChI is InChI=1S/C13H15N3O3/c1-8-6-10-14-7-9(12(17)18)11(16(10)15-8)13(2)4-3-5-19-13/h6-7H,3-5H2,1-2H3,(H,17,18). The number of rotatable bonds is 2. The molecule has 1 aliphatic rings. The van der Waals surface area contributed by atoms with Gasteiger partial charge in [0.2, 0.25) is 0 Å². The summed E-state index contributed by atoms with van der Waals surface area (Å²) < 4.78 is 7.38. The van der Waals surface area contributed by atoms with Crippen LogP contribution in [0.2, 0.25) is 0 Å². The molecule has 0 bridgehead atoms. The molecule has 6 nitrogen and oxygen atoms in total. The van der Waals surface area contributed by atoms with Gasteiger partial charge < -0.3 is 9.84 Å². The number of hydrogen-bond acceptors (Lipinski definition) is 4. The number of aryl methyl sites for hydroxylation is 1. The monoisotopic (exact) mass is 261 g/mol. The predicted octanol–water partition coefficient (Wildman–Crippen LogP) is 1.76. The lowest BCUT2D eigenvalue weighted by molar-refractivity contribution is 0.00980. The van der Waals surface area contributed by atoms with Gasteiger partial charge in [-0.1, -0.05) is 0 Å². The minimum absolute atomic E-state index is 0.153. The summed E-state index contributed by atoms with van der Waals surface area (Å²) in [6, 6.07) is 1.83. The zero-order chi connectivity index (χ0) is 13.6. The summed E-state index contributed by atoms with van der Waals surface area (Å²) in [4.78, 5) is 15.6. The Kier molecular flexibility index (Phi) is 2.56. The molecule has 0 radical (unpaired) electrons. The van der Waals surface area contributed by atoms with E-state index in [1.165, 1.54) is 6.20 Å². The summed E-state index contributed by atoms with van der Waals surface area (Å²) in [5.74, 6) is -1.01. The molecule has 1 fully saturated rings. The van der Waals surface area contributed by atoms with Gasteiger partial charge in [0.25, 0.3) is 0 Å². The predicted molar refractivity (Wildman–Crippen MR) is 67.2 cm³/mol. The highest BCUT2D eigenvalue weighted by Gasteiger charge is 2.38. The average Bonchev–Trinajstić information content (AvgIpc) is 2.93. The third-order valence-electron chi connectivity index (χ3n) is 3.56. The zero-order valence-electron chi connectivity index (χ0n) is 10.9. The number of carboxylic acids is 1. The van der Waals surface area contributed by atoms with Gasteiger partial charge in [-0.25, -0.2) is 14.3 Å². The molecule has 1 aliphatic heterocycles. The van der Waals surface area contributed by atoms with Crippen molar-refractivity contribution in [1.29, 1.82) is 0 Å². The van der Waals surface area contributed by atoms with Crippen molar-refractivity contribution in [2.24, 2.45) is 0 Å². The SMILES string of the molecule is Cc1cc2ncc(C(=O)O)c(C3(C)CCCO3)n2n1. The van der Waals surface area contributed by atoms with Crippen molar-refractivity contribution in [3.63, 3.8) is 0 Å². The molecule has 1 atom stereocenters. The van der Waals surface area contributed by atoms with Crippen LogP contribution in [0.4, 0.5) is 0 Å². The summed E-state index contributed by atoms with van der Waals surface area (Å²) >= 11 is 0. The fourth-order valence-corrected chi connectivity index (χ4v) is 2.68. The number of carbonyl (C=O) groups is 1. The lowest BCUT2D eigenvalue weighted by Gasteiger charge is -2.25. The second kappa shape index (κ2) is 4.03. The molecular weight excluding hydrogens is 246 g/mol. The largest absolute Gasteiger partial charge is 0.478 e. The highest BCUT2D eigenvalue weighted by molar-refractivity contribution is 5.89. The topological polar surface area (TPSA) is 76.7 Å². The first-order chi connectivity index (χ1) is 9.01. The maximum absolute atomic E-state index is 11.4. The molecule has 100 valence electrons. The second-order valence-electron chi connectivity index (χ2n) is 5.06. The minimum atomic E-state index is -1.01. The molecule has 0 aromatic carbocycles. The lowest BCUT2D eigenvalue weighted by Crippen LogP contribution is -2.28. The number of fused-ring (bicyclic) bond motifs is 1. The van der Waals surface area contributed by atoms with Crippen molar-refractivity contribution in [2.45, 2.75) is 32.3 Å². The molecule has 1 saturated heterocycles. The van der Waals surface area contributed by atoms with Crippen LogP contribution in [0, 0.1) is 6.92 Å². The summed E-state index contributed by atoms with van der Waals surface area (Å²) in [5, 5.41) is 13.7. The van der Waals surface area contributed by atoms with Crippen molar-refractivity contribution in [1.82, 2.24) is 14.6 Å². The fourth-order valence-electron chi connectivity index (χ4n) is 2.68. The van der Waals surface area contributed by atoms with E-state index in [0.717, 1.165) is 18.5 Å². The van der Waals surface area contributed by atoms with Gasteiger partial charge in [-0.15, -0.1) is 0 Å². The van der Waals surface area contributed by atoms with Crippen LogP contribution in [0.25, 0.3) is 5.65 Å². The van der Waals surface area contributed by atoms with Crippen LogP contribution in [0.5, 0.6) is 0 Å². The number of aromatic nitrogens is 3. The maximum atomic E-state index is 11.4. The number of hydrogen-bond donors (Lipinski definition) is 1. The van der Waals surface area contributed by atoms with E-state index in [9.17, 15) is 9.90 Å². The van der Waals surface area contributed by atoms with Crippen molar-refractivity contribution >= 4 is 11.6 Å². The van der Waals surface area contributed by atoms with Crippen LogP contribution in [-0.4, -0.2) is 32.3 Å².